The lowest BCUT2D eigenvalue weighted by molar-refractivity contribution is -0.138. The first-order chi connectivity index (χ1) is 13.4. The number of carbonyl (C=O) groups excluding carboxylic acids is 1. The number of aryl methyl sites for hydroxylation is 2. The summed E-state index contributed by atoms with van der Waals surface area (Å²) in [7, 11) is -4.05. The van der Waals surface area contributed by atoms with Crippen molar-refractivity contribution < 1.29 is 28.2 Å². The van der Waals surface area contributed by atoms with Crippen LogP contribution < -0.4 is 10.0 Å². The first-order valence-corrected chi connectivity index (χ1v) is 10.3. The molecule has 0 aliphatic carbocycles. The van der Waals surface area contributed by atoms with Crippen molar-refractivity contribution in [2.24, 2.45) is 0 Å². The fraction of sp³-hybridized carbons (Fsp3) is 0.300. The van der Waals surface area contributed by atoms with Gasteiger partial charge in [-0.15, -0.1) is 0 Å². The van der Waals surface area contributed by atoms with Crippen LogP contribution in [0.4, 0.5) is 5.69 Å². The highest BCUT2D eigenvalue weighted by Gasteiger charge is 2.27. The number of hydrogen-bond acceptors (Lipinski definition) is 5. The summed E-state index contributed by atoms with van der Waals surface area (Å²) in [6, 6.07) is 6.02. The normalized spacial score (nSPS) is 12.4. The zero-order valence-electron chi connectivity index (χ0n) is 16.6. The molecule has 0 radical (unpaired) electrons. The molecule has 0 heterocycles. The predicted molar refractivity (Wildman–Crippen MR) is 109 cm³/mol. The Morgan fingerprint density at radius 2 is 1.69 bits per heavy atom. The van der Waals surface area contributed by atoms with Gasteiger partial charge in [-0.25, -0.2) is 8.42 Å². The molecule has 0 aromatic heterocycles. The Labute approximate surface area is 169 Å². The number of carboxylic acids is 1. The molecular formula is C20H24N2O6S. The monoisotopic (exact) mass is 420 g/mol. The molecule has 156 valence electrons. The van der Waals surface area contributed by atoms with Crippen molar-refractivity contribution in [1.29, 1.82) is 0 Å². The fourth-order valence-corrected chi connectivity index (χ4v) is 4.20. The van der Waals surface area contributed by atoms with Crippen LogP contribution in [0, 0.1) is 20.8 Å². The number of hydrogen-bond donors (Lipinski definition) is 4. The first-order valence-electron chi connectivity index (χ1n) is 8.83. The highest BCUT2D eigenvalue weighted by molar-refractivity contribution is 7.89. The third-order valence-corrected chi connectivity index (χ3v) is 6.04. The lowest BCUT2D eigenvalue weighted by atomic mass is 9.94. The van der Waals surface area contributed by atoms with Gasteiger partial charge in [0.15, 0.2) is 0 Å². The average Bonchev–Trinajstić information content (AvgIpc) is 2.61. The number of carbonyl (C=O) groups is 2. The van der Waals surface area contributed by atoms with Gasteiger partial charge in [-0.05, 0) is 55.7 Å². The van der Waals surface area contributed by atoms with Crippen LogP contribution in [0.1, 0.15) is 29.2 Å². The molecule has 0 saturated carbocycles. The van der Waals surface area contributed by atoms with E-state index in [4.69, 9.17) is 0 Å². The number of phenolic OH excluding ortho intramolecular Hbond substituents is 1. The molecule has 0 bridgehead atoms. The smallest absolute Gasteiger partial charge is 0.322 e. The largest absolute Gasteiger partial charge is 0.506 e. The van der Waals surface area contributed by atoms with E-state index in [1.54, 1.807) is 26.0 Å². The highest BCUT2D eigenvalue weighted by atomic mass is 32.2. The zero-order chi connectivity index (χ0) is 21.9. The number of aromatic hydroxyl groups is 1. The molecular weight excluding hydrogens is 396 g/mol. The molecule has 1 unspecified atom stereocenters. The zero-order valence-corrected chi connectivity index (χ0v) is 17.4. The summed E-state index contributed by atoms with van der Waals surface area (Å²) in [6.07, 6.45) is -0.162. The lowest BCUT2D eigenvalue weighted by Crippen LogP contribution is -2.42. The minimum atomic E-state index is -4.05. The number of nitrogens with one attached hydrogen (secondary N) is 2. The number of carboxylic acid groups (broad SMARTS) is 1. The molecule has 1 atom stereocenters. The van der Waals surface area contributed by atoms with Crippen LogP contribution in [-0.2, 0) is 26.0 Å². The Morgan fingerprint density at radius 3 is 2.21 bits per heavy atom. The molecule has 0 aliphatic rings. The van der Waals surface area contributed by atoms with Crippen LogP contribution in [-0.4, -0.2) is 36.5 Å². The molecule has 1 amide bonds. The van der Waals surface area contributed by atoms with Crippen LogP contribution in [0.15, 0.2) is 35.2 Å². The third-order valence-electron chi connectivity index (χ3n) is 4.55. The first kappa shape index (κ1) is 22.4. The summed E-state index contributed by atoms with van der Waals surface area (Å²) >= 11 is 0. The molecule has 2 aromatic carbocycles. The van der Waals surface area contributed by atoms with Crippen molar-refractivity contribution in [3.63, 3.8) is 0 Å². The summed E-state index contributed by atoms with van der Waals surface area (Å²) in [4.78, 5) is 23.1. The maximum atomic E-state index is 12.6. The van der Waals surface area contributed by atoms with Crippen LogP contribution in [0.3, 0.4) is 0 Å². The summed E-state index contributed by atoms with van der Waals surface area (Å²) in [5.74, 6) is -1.88. The van der Waals surface area contributed by atoms with Gasteiger partial charge in [-0.2, -0.15) is 4.72 Å². The van der Waals surface area contributed by atoms with E-state index in [1.165, 1.54) is 25.1 Å². The number of benzene rings is 2. The molecule has 2 aromatic rings. The van der Waals surface area contributed by atoms with Gasteiger partial charge in [0, 0.05) is 13.3 Å². The number of anilines is 1. The van der Waals surface area contributed by atoms with Gasteiger partial charge >= 0.3 is 5.97 Å². The van der Waals surface area contributed by atoms with Crippen molar-refractivity contribution in [3.8, 4) is 5.75 Å². The van der Waals surface area contributed by atoms with Gasteiger partial charge in [0.05, 0.1) is 10.6 Å². The summed E-state index contributed by atoms with van der Waals surface area (Å²) in [5.41, 5.74) is 2.61. The van der Waals surface area contributed by atoms with Crippen molar-refractivity contribution in [2.45, 2.75) is 45.1 Å². The maximum Gasteiger partial charge on any atom is 0.322 e. The number of aliphatic carboxylic acids is 1. The minimum absolute atomic E-state index is 0.0348. The predicted octanol–water partition coefficient (Wildman–Crippen LogP) is 2.25. The fourth-order valence-electron chi connectivity index (χ4n) is 3.01. The van der Waals surface area contributed by atoms with Crippen LogP contribution in [0.5, 0.6) is 5.75 Å². The van der Waals surface area contributed by atoms with Crippen molar-refractivity contribution in [3.05, 3.63) is 52.6 Å². The van der Waals surface area contributed by atoms with Crippen molar-refractivity contribution in [1.82, 2.24) is 4.72 Å². The van der Waals surface area contributed by atoms with Crippen LogP contribution >= 0.6 is 0 Å². The van der Waals surface area contributed by atoms with E-state index in [-0.39, 0.29) is 22.8 Å². The number of rotatable bonds is 7. The van der Waals surface area contributed by atoms with Gasteiger partial charge in [-0.3, -0.25) is 9.59 Å². The molecule has 8 nitrogen and oxygen atoms in total. The van der Waals surface area contributed by atoms with E-state index in [0.717, 1.165) is 5.56 Å². The Bertz CT molecular complexity index is 1050. The lowest BCUT2D eigenvalue weighted by Gasteiger charge is -2.20. The molecule has 0 saturated heterocycles. The van der Waals surface area contributed by atoms with Crippen molar-refractivity contribution >= 4 is 27.6 Å². The molecule has 0 fully saturated rings. The second-order valence-electron chi connectivity index (χ2n) is 6.90. The molecule has 4 N–H and O–H groups in total. The summed E-state index contributed by atoms with van der Waals surface area (Å²) in [5, 5.41) is 22.2. The second-order valence-corrected chi connectivity index (χ2v) is 8.62. The third kappa shape index (κ3) is 5.33. The van der Waals surface area contributed by atoms with Gasteiger partial charge in [0.25, 0.3) is 0 Å². The average molecular weight is 420 g/mol. The number of sulfonamides is 1. The van der Waals surface area contributed by atoms with E-state index in [9.17, 15) is 28.2 Å². The maximum absolute atomic E-state index is 12.6. The molecule has 0 spiro atoms. The van der Waals surface area contributed by atoms with Crippen LogP contribution in [0.25, 0.3) is 0 Å². The molecule has 29 heavy (non-hydrogen) atoms. The van der Waals surface area contributed by atoms with E-state index in [1.807, 2.05) is 6.92 Å². The molecule has 9 heteroatoms. The van der Waals surface area contributed by atoms with E-state index in [2.05, 4.69) is 10.0 Å². The molecule has 2 rings (SSSR count). The summed E-state index contributed by atoms with van der Waals surface area (Å²) < 4.78 is 27.5. The number of phenols is 1. The number of amides is 1. The van der Waals surface area contributed by atoms with E-state index >= 15 is 0 Å². The topological polar surface area (TPSA) is 133 Å². The van der Waals surface area contributed by atoms with Gasteiger partial charge < -0.3 is 15.5 Å². The quantitative estimate of drug-likeness (QED) is 0.508. The van der Waals surface area contributed by atoms with Gasteiger partial charge in [-0.1, -0.05) is 17.7 Å². The molecule has 0 aliphatic heterocycles. The van der Waals surface area contributed by atoms with Gasteiger partial charge in [0.2, 0.25) is 15.9 Å². The Balaban J connectivity index is 2.40. The van der Waals surface area contributed by atoms with E-state index < -0.39 is 27.9 Å². The van der Waals surface area contributed by atoms with Crippen LogP contribution in [0.2, 0.25) is 0 Å². The Morgan fingerprint density at radius 1 is 1.10 bits per heavy atom. The van der Waals surface area contributed by atoms with Crippen molar-refractivity contribution in [2.75, 3.05) is 5.32 Å². The Hall–Kier alpha value is -2.91. The Kier molecular flexibility index (Phi) is 6.66. The standard InChI is InChI=1S/C20H24N2O6S/c1-11-5-7-15(8-6-11)29(27,28)22-17(20(25)26)10-16-12(2)9-18(24)19(13(16)3)21-14(4)23/h5-9,17,22,24H,10H2,1-4H3,(H,21,23)(H,25,26). The second kappa shape index (κ2) is 8.62. The highest BCUT2D eigenvalue weighted by Crippen LogP contribution is 2.33. The minimum Gasteiger partial charge on any atom is -0.506 e. The summed E-state index contributed by atoms with van der Waals surface area (Å²) in [6.45, 7) is 6.40. The SMILES string of the molecule is CC(=O)Nc1c(O)cc(C)c(CC(NS(=O)(=O)c2ccc(C)cc2)C(=O)O)c1C. The van der Waals surface area contributed by atoms with Gasteiger partial charge in [0.1, 0.15) is 11.8 Å². The van der Waals surface area contributed by atoms with E-state index in [0.29, 0.717) is 16.7 Å².